The predicted octanol–water partition coefficient (Wildman–Crippen LogP) is 7.52. The van der Waals surface area contributed by atoms with Crippen molar-refractivity contribution >= 4 is 77.0 Å². The molecule has 3 aromatic rings. The number of rotatable bonds is 39. The van der Waals surface area contributed by atoms with Gasteiger partial charge in [0.25, 0.3) is 29.2 Å². The summed E-state index contributed by atoms with van der Waals surface area (Å²) in [7, 11) is 0. The first-order valence-corrected chi connectivity index (χ1v) is 30.1. The number of nitro benzene ring substituents is 4. The minimum absolute atomic E-state index is 0.0381. The second-order valence-electron chi connectivity index (χ2n) is 23.8. The number of aliphatic carboxylic acids is 2. The Labute approximate surface area is 562 Å². The maximum absolute atomic E-state index is 12.8. The lowest BCUT2D eigenvalue weighted by atomic mass is 9.84. The highest BCUT2D eigenvalue weighted by molar-refractivity contribution is 5.85. The van der Waals surface area contributed by atoms with Crippen molar-refractivity contribution in [2.75, 3.05) is 38.2 Å². The molecule has 39 heteroatoms. The monoisotopic (exact) mass is 1390 g/mol. The number of nitrogens with one attached hydrogen (secondary N) is 5. The van der Waals surface area contributed by atoms with Gasteiger partial charge in [0.05, 0.1) is 51.2 Å². The number of carboxylic acid groups (broad SMARTS) is 2. The maximum atomic E-state index is 12.8. The Hall–Kier alpha value is -11.0. The number of carboxylic acids is 2. The minimum Gasteiger partial charge on any atom is -0.481 e. The van der Waals surface area contributed by atoms with Crippen LogP contribution >= 0.6 is 0 Å². The van der Waals surface area contributed by atoms with Gasteiger partial charge in [-0.05, 0) is 116 Å². The lowest BCUT2D eigenvalue weighted by molar-refractivity contribution is -0.394. The zero-order valence-electron chi connectivity index (χ0n) is 55.8. The normalized spacial score (nSPS) is 11.9. The first kappa shape index (κ1) is 87.0. The number of amides is 4. The average Bonchev–Trinajstić information content (AvgIpc) is 1.08. The van der Waals surface area contributed by atoms with Gasteiger partial charge in [0.15, 0.2) is 6.23 Å². The number of non-ortho nitro benzene ring substituents is 2. The second-order valence-corrected chi connectivity index (χ2v) is 23.8. The third-order valence-corrected chi connectivity index (χ3v) is 12.5. The number of nitrogens with zero attached hydrogens (tertiary/aromatic N) is 10. The molecule has 0 aliphatic rings. The summed E-state index contributed by atoms with van der Waals surface area (Å²) in [6, 6.07) is 2.85. The topological polar surface area (TPSA) is 552 Å². The van der Waals surface area contributed by atoms with Crippen molar-refractivity contribution in [3.8, 4) is 12.3 Å². The van der Waals surface area contributed by atoms with E-state index in [1.54, 1.807) is 52.4 Å². The molecule has 540 valence electrons. The summed E-state index contributed by atoms with van der Waals surface area (Å²) in [5, 5.41) is 85.6. The van der Waals surface area contributed by atoms with E-state index in [4.69, 9.17) is 55.4 Å². The lowest BCUT2D eigenvalue weighted by Gasteiger charge is -2.32. The quantitative estimate of drug-likeness (QED) is 0.00248. The highest BCUT2D eigenvalue weighted by Gasteiger charge is 2.32. The van der Waals surface area contributed by atoms with Gasteiger partial charge in [0.1, 0.15) is 41.3 Å². The minimum atomic E-state index is -1.44. The van der Waals surface area contributed by atoms with E-state index in [1.807, 2.05) is 20.8 Å². The van der Waals surface area contributed by atoms with Crippen LogP contribution < -0.4 is 26.6 Å². The second kappa shape index (κ2) is 46.2. The molecule has 0 unspecified atom stereocenters. The smallest absolute Gasteiger partial charge is 0.373 e. The number of benzene rings is 2. The fourth-order valence-corrected chi connectivity index (χ4v) is 8.07. The fourth-order valence-electron chi connectivity index (χ4n) is 8.07. The molecule has 1 heterocycles. The average molecular weight is 1390 g/mol. The summed E-state index contributed by atoms with van der Waals surface area (Å²) in [5.74, 6) is -1.40. The Bertz CT molecular complexity index is 3230. The number of esters is 2. The Kier molecular flexibility index (Phi) is 41.0. The van der Waals surface area contributed by atoms with Crippen LogP contribution in [0, 0.1) is 58.2 Å². The van der Waals surface area contributed by atoms with Crippen LogP contribution in [0.5, 0.6) is 0 Å². The molecule has 7 N–H and O–H groups in total. The van der Waals surface area contributed by atoms with Gasteiger partial charge in [-0.2, -0.15) is 9.59 Å². The van der Waals surface area contributed by atoms with Gasteiger partial charge >= 0.3 is 42.1 Å². The van der Waals surface area contributed by atoms with Crippen LogP contribution in [0.15, 0.2) is 47.7 Å². The van der Waals surface area contributed by atoms with Crippen molar-refractivity contribution in [3.63, 3.8) is 0 Å². The van der Waals surface area contributed by atoms with Crippen LogP contribution in [0.25, 0.3) is 10.4 Å². The predicted molar refractivity (Wildman–Crippen MR) is 343 cm³/mol. The van der Waals surface area contributed by atoms with Crippen LogP contribution in [-0.4, -0.2) is 162 Å². The molecule has 4 amide bonds. The summed E-state index contributed by atoms with van der Waals surface area (Å²) >= 11 is 0. The highest BCUT2D eigenvalue weighted by Crippen LogP contribution is 2.29. The van der Waals surface area contributed by atoms with E-state index in [2.05, 4.69) is 52.8 Å². The molecule has 0 fully saturated rings. The Morgan fingerprint density at radius 2 is 1.32 bits per heavy atom. The van der Waals surface area contributed by atoms with E-state index in [9.17, 15) is 74.0 Å². The largest absolute Gasteiger partial charge is 0.481 e. The Balaban J connectivity index is 0.00000151. The molecule has 0 aliphatic heterocycles. The number of aromatic nitrogens is 3. The van der Waals surface area contributed by atoms with Crippen LogP contribution in [-0.2, 0) is 76.8 Å². The van der Waals surface area contributed by atoms with Crippen molar-refractivity contribution in [1.29, 1.82) is 0 Å². The third-order valence-electron chi connectivity index (χ3n) is 12.5. The van der Waals surface area contributed by atoms with Gasteiger partial charge in [-0.1, -0.05) is 43.4 Å². The first-order valence-electron chi connectivity index (χ1n) is 30.1. The van der Waals surface area contributed by atoms with Crippen LogP contribution in [0.3, 0.4) is 0 Å². The standard InChI is InChI=1S/C24H31N7O12.C23H43N5O5.C11H11N3O5.CO2/c32-15-43-21(26-24(37)25-19(23(35)36)8-9-22(33)34)5-1-2-10-29-13-17(27-28-29)14-42-11-3-4-16-6-7-18(30(38)39)12-20(16)31(40)41;1-21(2,3)17(12-10-11-15-25-28-24)27-20(31)26-16(19(30)33-23(7,8)9)13-14-18(29)32-22(4,5)6;1-2-6-19-7-5-12-10-4-3-9(13(15)16)8-11(10)14(17)18;2-1-3/h6-7,12-13,15,19,21H,1-5,8-11,14H2,(H,33,34)(H,35,36)(H2,25,26,37);16-17H,10-15H2,1-9H3,(H2,26,27,31);1,3-4,8,12H,5-7H2;/t19-,21+;16-,17-;;/m00../s1. The number of anilines is 1. The van der Waals surface area contributed by atoms with Crippen molar-refractivity contribution < 1.29 is 96.7 Å². The Morgan fingerprint density at radius 1 is 0.735 bits per heavy atom. The van der Waals surface area contributed by atoms with Gasteiger partial charge < -0.3 is 60.5 Å². The van der Waals surface area contributed by atoms with Crippen molar-refractivity contribution in [1.82, 2.24) is 36.3 Å². The number of aryl methyl sites for hydroxylation is 2. The van der Waals surface area contributed by atoms with E-state index < -0.39 is 91.6 Å². The number of hydrogen-bond donors (Lipinski definition) is 7. The molecule has 0 saturated carbocycles. The molecular formula is C59H85N15O24. The molecule has 0 saturated heterocycles. The zero-order valence-corrected chi connectivity index (χ0v) is 55.8. The van der Waals surface area contributed by atoms with E-state index in [-0.39, 0.29) is 111 Å². The zero-order chi connectivity index (χ0) is 74.6. The fraction of sp³-hybridized carbons (Fsp3) is 0.593. The van der Waals surface area contributed by atoms with Crippen LogP contribution in [0.2, 0.25) is 0 Å². The van der Waals surface area contributed by atoms with E-state index in [1.165, 1.54) is 24.3 Å². The number of azide groups is 1. The van der Waals surface area contributed by atoms with Crippen LogP contribution in [0.4, 0.5) is 38.0 Å². The number of carbonyl (C=O) groups excluding carboxylic acids is 7. The van der Waals surface area contributed by atoms with E-state index >= 15 is 0 Å². The van der Waals surface area contributed by atoms with Gasteiger partial charge in [0.2, 0.25) is 0 Å². The van der Waals surface area contributed by atoms with E-state index in [0.29, 0.717) is 56.6 Å². The molecule has 39 nitrogen and oxygen atoms in total. The first-order chi connectivity index (χ1) is 45.9. The number of terminal acetylenes is 1. The maximum Gasteiger partial charge on any atom is 0.373 e. The number of unbranched alkanes of at least 4 members (excludes halogenated alkanes) is 2. The van der Waals surface area contributed by atoms with Gasteiger partial charge in [0, 0.05) is 74.2 Å². The Morgan fingerprint density at radius 3 is 1.87 bits per heavy atom. The van der Waals surface area contributed by atoms with Crippen molar-refractivity contribution in [3.05, 3.63) is 105 Å². The molecule has 3 rings (SSSR count). The SMILES string of the molecule is C#CCOCCNc1ccc([N+](=O)[O-])cc1[N+](=O)[O-].CC(C)(C)OC(=O)CC[C@H](NC(=O)N[C@@H](CCCCN=[N+]=[N-])C(C)(C)C)C(=O)OC(C)(C)C.O=C=O.O=CO[C@H](CCCCn1cc(COCCCc2ccc([N+](=O)[O-])cc2[N+](=O)[O-])nn1)NC(=O)N[C@@H](CCC(=O)O)C(=O)O. The summed E-state index contributed by atoms with van der Waals surface area (Å²) in [6.07, 6.45) is 9.22. The number of ether oxygens (including phenoxy) is 5. The van der Waals surface area contributed by atoms with Gasteiger partial charge in [-0.25, -0.2) is 19.2 Å². The molecule has 4 atom stereocenters. The molecule has 0 bridgehead atoms. The summed E-state index contributed by atoms with van der Waals surface area (Å²) in [6.45, 7) is 18.7. The van der Waals surface area contributed by atoms with Gasteiger partial charge in [-0.3, -0.25) is 59.5 Å². The number of hydrogen-bond acceptors (Lipinski definition) is 26. The van der Waals surface area contributed by atoms with E-state index in [0.717, 1.165) is 25.0 Å². The molecule has 98 heavy (non-hydrogen) atoms. The number of carbonyl (C=O) groups is 7. The lowest BCUT2D eigenvalue weighted by Crippen LogP contribution is -2.53. The summed E-state index contributed by atoms with van der Waals surface area (Å²) in [4.78, 5) is 142. The third kappa shape index (κ3) is 40.3. The number of urea groups is 2. The highest BCUT2D eigenvalue weighted by atomic mass is 16.6. The molecule has 0 aliphatic carbocycles. The molecule has 1 aromatic heterocycles. The van der Waals surface area contributed by atoms with Crippen molar-refractivity contribution in [2.45, 2.75) is 188 Å². The summed E-state index contributed by atoms with van der Waals surface area (Å²) in [5.41, 5.74) is 6.51. The molecular weight excluding hydrogens is 1300 g/mol. The molecule has 2 aromatic carbocycles. The summed E-state index contributed by atoms with van der Waals surface area (Å²) < 4.78 is 27.7. The molecule has 0 spiro atoms. The van der Waals surface area contributed by atoms with Gasteiger partial charge in [-0.15, -0.1) is 11.5 Å². The molecule has 0 radical (unpaired) electrons. The van der Waals surface area contributed by atoms with Crippen LogP contribution in [0.1, 0.15) is 144 Å². The van der Waals surface area contributed by atoms with Crippen molar-refractivity contribution in [2.24, 2.45) is 10.5 Å². The number of nitro groups is 4.